The third-order valence-corrected chi connectivity index (χ3v) is 11.1. The van der Waals surface area contributed by atoms with Crippen molar-refractivity contribution in [2.24, 2.45) is 17.1 Å². The number of nitrogens with zero attached hydrogens (tertiary/aromatic N) is 1. The summed E-state index contributed by atoms with van der Waals surface area (Å²) in [6.07, 6.45) is 43.9. The standard InChI is InChI=1S/C27H35NO.C11H16.C9H20.C7H17N.2C2H6/c1-5-6-7-8-9-24-14-20(2)16-26(18-24)27-13-11-23(15-21(3)19-28)10-12-25(27)17-22(4)29;1-5-10(6-2)9(3)11(4)7-8-11;1-3-5-7-9-8-6-4-2;1-4-6-8(3)7-5-2;2*1-2/h6-8,12-14,16,19,23H,5,10-11,15,17-18,28H2,1-4H3;1H,6-8H2,2-4H3;3-9H2,1-2H3;4-7H2,1-3H3;2*1-2H3/b7-6-,21-19+;10-9-;;;;. The molecule has 0 saturated heterocycles. The lowest BCUT2D eigenvalue weighted by Crippen LogP contribution is -2.19. The maximum Gasteiger partial charge on any atom is 0.134 e. The minimum Gasteiger partial charge on any atom is -0.405 e. The number of carbonyl (C=O) groups excluding carboxylic acids is 1. The van der Waals surface area contributed by atoms with Gasteiger partial charge in [-0.2, -0.15) is 0 Å². The molecule has 0 aromatic rings. The molecule has 3 rings (SSSR count). The first-order valence-corrected chi connectivity index (χ1v) is 24.9. The van der Waals surface area contributed by atoms with E-state index < -0.39 is 0 Å². The van der Waals surface area contributed by atoms with Crippen molar-refractivity contribution < 1.29 is 4.79 Å². The number of ketones is 1. The van der Waals surface area contributed by atoms with Crippen LogP contribution in [-0.2, 0) is 4.79 Å². The Morgan fingerprint density at radius 3 is 1.89 bits per heavy atom. The molecule has 3 aliphatic rings. The quantitative estimate of drug-likeness (QED) is 0.0610. The zero-order valence-corrected chi connectivity index (χ0v) is 43.3. The second-order valence-corrected chi connectivity index (χ2v) is 16.9. The van der Waals surface area contributed by atoms with Crippen LogP contribution in [0.3, 0.4) is 0 Å². The number of terminal acetylenes is 1. The Hall–Kier alpha value is -3.31. The molecule has 0 heterocycles. The van der Waals surface area contributed by atoms with E-state index in [1.54, 1.807) is 13.1 Å². The predicted octanol–water partition coefficient (Wildman–Crippen LogP) is 17.5. The van der Waals surface area contributed by atoms with Gasteiger partial charge in [-0.05, 0) is 163 Å². The van der Waals surface area contributed by atoms with Crippen LogP contribution in [0.1, 0.15) is 219 Å². The largest absolute Gasteiger partial charge is 0.405 e. The summed E-state index contributed by atoms with van der Waals surface area (Å²) in [6.45, 7) is 34.1. The molecular formula is C58H100N2O. The maximum absolute atomic E-state index is 11.9. The van der Waals surface area contributed by atoms with E-state index in [2.05, 4.69) is 129 Å². The highest BCUT2D eigenvalue weighted by Gasteiger charge is 2.39. The zero-order chi connectivity index (χ0) is 47.1. The smallest absolute Gasteiger partial charge is 0.134 e. The number of hydrogen-bond acceptors (Lipinski definition) is 3. The molecule has 1 saturated carbocycles. The fourth-order valence-corrected chi connectivity index (χ4v) is 7.23. The van der Waals surface area contributed by atoms with Crippen LogP contribution in [0.5, 0.6) is 0 Å². The van der Waals surface area contributed by atoms with Gasteiger partial charge in [0.1, 0.15) is 5.78 Å². The van der Waals surface area contributed by atoms with Crippen LogP contribution in [-0.4, -0.2) is 30.8 Å². The third kappa shape index (κ3) is 31.2. The Bertz CT molecular complexity index is 1470. The first kappa shape index (κ1) is 62.0. The van der Waals surface area contributed by atoms with Gasteiger partial charge in [-0.15, -0.1) is 12.2 Å². The van der Waals surface area contributed by atoms with Gasteiger partial charge in [0, 0.05) is 18.4 Å². The van der Waals surface area contributed by atoms with E-state index in [-0.39, 0.29) is 5.78 Å². The SMILES string of the molecule is C#C/C(CC)=C(\C)C1(C)CC1.CC.CC.CC/C=C\C=C=C1C=C(C)C=C(C2=CCC(C/C(C)=C/N)CC=C2CC(C)=O)C1.CCCCCCCCC.CCCN(C)CCC. The number of unbranched alkanes of at least 4 members (excludes halogenated alkanes) is 6. The molecule has 0 aromatic heterocycles. The van der Waals surface area contributed by atoms with Gasteiger partial charge in [0.05, 0.1) is 0 Å². The first-order valence-electron chi connectivity index (χ1n) is 24.9. The molecule has 0 spiro atoms. The minimum absolute atomic E-state index is 0.211. The molecule has 2 N–H and O–H groups in total. The lowest BCUT2D eigenvalue weighted by molar-refractivity contribution is -0.116. The fraction of sp³-hybridized carbons (Fsp3) is 0.655. The van der Waals surface area contributed by atoms with Gasteiger partial charge in [-0.1, -0.05) is 169 Å². The van der Waals surface area contributed by atoms with Gasteiger partial charge in [0.2, 0.25) is 0 Å². The van der Waals surface area contributed by atoms with Crippen LogP contribution in [0.4, 0.5) is 0 Å². The van der Waals surface area contributed by atoms with Crippen LogP contribution in [0.2, 0.25) is 0 Å². The third-order valence-electron chi connectivity index (χ3n) is 11.1. The summed E-state index contributed by atoms with van der Waals surface area (Å²) in [6, 6.07) is 0. The van der Waals surface area contributed by atoms with Crippen molar-refractivity contribution in [1.82, 2.24) is 4.90 Å². The van der Waals surface area contributed by atoms with Gasteiger partial charge in [0.25, 0.3) is 0 Å². The highest BCUT2D eigenvalue weighted by atomic mass is 16.1. The molecule has 0 bridgehead atoms. The van der Waals surface area contributed by atoms with Gasteiger partial charge < -0.3 is 10.6 Å². The van der Waals surface area contributed by atoms with Crippen molar-refractivity contribution in [2.75, 3.05) is 20.1 Å². The van der Waals surface area contributed by atoms with E-state index in [0.717, 1.165) is 38.5 Å². The zero-order valence-electron chi connectivity index (χ0n) is 43.3. The average molecular weight is 841 g/mol. The molecule has 1 atom stereocenters. The van der Waals surface area contributed by atoms with Crippen LogP contribution in [0.15, 0.2) is 99.0 Å². The molecule has 0 aliphatic heterocycles. The fourth-order valence-electron chi connectivity index (χ4n) is 7.23. The van der Waals surface area contributed by atoms with Crippen LogP contribution < -0.4 is 5.73 Å². The molecule has 1 unspecified atom stereocenters. The molecule has 3 aliphatic carbocycles. The van der Waals surface area contributed by atoms with Gasteiger partial charge in [-0.3, -0.25) is 4.79 Å². The maximum atomic E-state index is 11.9. The second-order valence-electron chi connectivity index (χ2n) is 16.9. The van der Waals surface area contributed by atoms with Crippen molar-refractivity contribution in [2.45, 2.75) is 219 Å². The Kier molecular flexibility index (Phi) is 41.4. The van der Waals surface area contributed by atoms with Crippen LogP contribution >= 0.6 is 0 Å². The van der Waals surface area contributed by atoms with E-state index in [1.807, 2.05) is 33.8 Å². The van der Waals surface area contributed by atoms with Crippen molar-refractivity contribution in [3.8, 4) is 12.3 Å². The number of rotatable bonds is 19. The van der Waals surface area contributed by atoms with Crippen molar-refractivity contribution in [3.63, 3.8) is 0 Å². The number of carbonyl (C=O) groups is 1. The van der Waals surface area contributed by atoms with E-state index in [1.165, 1.54) is 128 Å². The van der Waals surface area contributed by atoms with Crippen molar-refractivity contribution in [3.05, 3.63) is 99.0 Å². The molecule has 1 fully saturated rings. The Balaban J connectivity index is -0.000000857. The first-order chi connectivity index (χ1) is 29.3. The van der Waals surface area contributed by atoms with Crippen LogP contribution in [0.25, 0.3) is 0 Å². The molecule has 0 radical (unpaired) electrons. The normalized spacial score (nSPS) is 16.7. The molecule has 3 heteroatoms. The molecule has 0 amide bonds. The van der Waals surface area contributed by atoms with E-state index in [9.17, 15) is 4.79 Å². The molecule has 0 aromatic carbocycles. The molecule has 3 nitrogen and oxygen atoms in total. The summed E-state index contributed by atoms with van der Waals surface area (Å²) >= 11 is 0. The lowest BCUT2D eigenvalue weighted by atomic mass is 9.86. The summed E-state index contributed by atoms with van der Waals surface area (Å²) in [5, 5.41) is 0. The van der Waals surface area contributed by atoms with Gasteiger partial charge in [-0.25, -0.2) is 0 Å². The number of Topliss-reactive ketones (excluding diaryl/α,β-unsaturated/α-hetero) is 1. The predicted molar refractivity (Wildman–Crippen MR) is 278 cm³/mol. The second kappa shape index (κ2) is 40.7. The number of nitrogens with two attached hydrogens (primary N) is 1. The van der Waals surface area contributed by atoms with Crippen molar-refractivity contribution >= 4 is 5.78 Å². The summed E-state index contributed by atoms with van der Waals surface area (Å²) < 4.78 is 0. The summed E-state index contributed by atoms with van der Waals surface area (Å²) in [4.78, 5) is 14.3. The van der Waals surface area contributed by atoms with E-state index in [4.69, 9.17) is 12.2 Å². The molecule has 61 heavy (non-hydrogen) atoms. The van der Waals surface area contributed by atoms with Gasteiger partial charge in [0.15, 0.2) is 0 Å². The van der Waals surface area contributed by atoms with Crippen LogP contribution in [0, 0.1) is 23.7 Å². The molecular weight excluding hydrogens is 741 g/mol. The number of hydrogen-bond donors (Lipinski definition) is 1. The lowest BCUT2D eigenvalue weighted by Gasteiger charge is -2.18. The summed E-state index contributed by atoms with van der Waals surface area (Å²) in [5.74, 6) is 3.52. The minimum atomic E-state index is 0.211. The highest BCUT2D eigenvalue weighted by molar-refractivity contribution is 5.80. The Morgan fingerprint density at radius 1 is 0.869 bits per heavy atom. The summed E-state index contributed by atoms with van der Waals surface area (Å²) in [5.41, 5.74) is 19.6. The molecule has 348 valence electrons. The van der Waals surface area contributed by atoms with E-state index in [0.29, 0.717) is 17.8 Å². The topological polar surface area (TPSA) is 46.3 Å². The highest BCUT2D eigenvalue weighted by Crippen LogP contribution is 2.52. The number of allylic oxidation sites excluding steroid dienone is 14. The van der Waals surface area contributed by atoms with Gasteiger partial charge >= 0.3 is 0 Å². The summed E-state index contributed by atoms with van der Waals surface area (Å²) in [7, 11) is 2.17. The average Bonchev–Trinajstić information content (AvgIpc) is 4.04. The Morgan fingerprint density at radius 2 is 1.43 bits per heavy atom. The Labute approximate surface area is 382 Å². The monoisotopic (exact) mass is 841 g/mol. The van der Waals surface area contributed by atoms with Crippen molar-refractivity contribution in [1.29, 1.82) is 0 Å². The van der Waals surface area contributed by atoms with E-state index >= 15 is 0 Å².